The molecule has 31 heavy (non-hydrogen) atoms. The lowest BCUT2D eigenvalue weighted by molar-refractivity contribution is -0.131. The first-order chi connectivity index (χ1) is 15.0. The first-order valence-corrected chi connectivity index (χ1v) is 11.6. The molecule has 1 amide bonds. The smallest absolute Gasteiger partial charge is 0.222 e. The Labute approximate surface area is 186 Å². The Kier molecular flexibility index (Phi) is 8.27. The Hall–Kier alpha value is -2.63. The molecule has 0 atom stereocenters. The molecule has 1 aromatic heterocycles. The highest BCUT2D eigenvalue weighted by Crippen LogP contribution is 2.27. The van der Waals surface area contributed by atoms with E-state index >= 15 is 0 Å². The molecular weight excluding hydrogens is 388 g/mol. The summed E-state index contributed by atoms with van der Waals surface area (Å²) in [6, 6.07) is 8.22. The number of methoxy groups -OCH3 is 1. The Morgan fingerprint density at radius 1 is 1.06 bits per heavy atom. The lowest BCUT2D eigenvalue weighted by Crippen LogP contribution is -2.35. The van der Waals surface area contributed by atoms with Crippen molar-refractivity contribution < 1.29 is 9.53 Å². The number of nitrogens with zero attached hydrogens (tertiary/aromatic N) is 4. The van der Waals surface area contributed by atoms with Crippen LogP contribution in [0, 0.1) is 6.92 Å². The third kappa shape index (κ3) is 5.96. The molecular formula is C25H36N4O2. The summed E-state index contributed by atoms with van der Waals surface area (Å²) in [6.07, 6.45) is 5.31. The number of benzene rings is 1. The molecule has 0 bridgehead atoms. The highest BCUT2D eigenvalue weighted by atomic mass is 16.5. The van der Waals surface area contributed by atoms with Crippen molar-refractivity contribution in [2.24, 2.45) is 0 Å². The van der Waals surface area contributed by atoms with Crippen LogP contribution >= 0.6 is 0 Å². The summed E-state index contributed by atoms with van der Waals surface area (Å²) in [7, 11) is 1.69. The van der Waals surface area contributed by atoms with Crippen LogP contribution in [0.5, 0.6) is 5.75 Å². The van der Waals surface area contributed by atoms with Crippen molar-refractivity contribution in [1.82, 2.24) is 14.9 Å². The minimum absolute atomic E-state index is 0.287. The monoisotopic (exact) mass is 424 g/mol. The van der Waals surface area contributed by atoms with Crippen LogP contribution in [0.1, 0.15) is 62.2 Å². The predicted molar refractivity (Wildman–Crippen MR) is 125 cm³/mol. The van der Waals surface area contributed by atoms with Gasteiger partial charge in [-0.25, -0.2) is 9.97 Å². The minimum atomic E-state index is 0.287. The number of carbonyl (C=O) groups excluding carboxylic acids is 1. The van der Waals surface area contributed by atoms with E-state index in [4.69, 9.17) is 14.7 Å². The maximum Gasteiger partial charge on any atom is 0.222 e. The van der Waals surface area contributed by atoms with E-state index in [-0.39, 0.29) is 5.91 Å². The van der Waals surface area contributed by atoms with Gasteiger partial charge in [0.15, 0.2) is 0 Å². The summed E-state index contributed by atoms with van der Waals surface area (Å²) in [5, 5.41) is 0. The second-order valence-corrected chi connectivity index (χ2v) is 8.22. The van der Waals surface area contributed by atoms with Gasteiger partial charge >= 0.3 is 0 Å². The molecule has 6 heteroatoms. The number of unbranched alkanes of at least 4 members (excludes halogenated alkanes) is 1. The Bertz CT molecular complexity index is 867. The molecule has 0 saturated carbocycles. The van der Waals surface area contributed by atoms with Gasteiger partial charge in [-0.1, -0.05) is 32.4 Å². The Morgan fingerprint density at radius 2 is 1.84 bits per heavy atom. The topological polar surface area (TPSA) is 58.6 Å². The van der Waals surface area contributed by atoms with Crippen LogP contribution in [-0.2, 0) is 17.6 Å². The van der Waals surface area contributed by atoms with Gasteiger partial charge in [0.2, 0.25) is 5.91 Å². The SMILES string of the molecule is CCCCC(=O)N1CCCN(c2nc(C)nc(CC)c2Cc2ccc(OC)cc2)CC1. The molecule has 0 N–H and O–H groups in total. The summed E-state index contributed by atoms with van der Waals surface area (Å²) in [4.78, 5) is 26.6. The van der Waals surface area contributed by atoms with E-state index in [0.717, 1.165) is 81.4 Å². The molecule has 1 aliphatic heterocycles. The van der Waals surface area contributed by atoms with E-state index in [0.29, 0.717) is 6.42 Å². The van der Waals surface area contributed by atoms with Crippen molar-refractivity contribution in [2.45, 2.75) is 59.3 Å². The fourth-order valence-electron chi connectivity index (χ4n) is 4.18. The molecule has 168 valence electrons. The molecule has 1 aromatic carbocycles. The van der Waals surface area contributed by atoms with Crippen molar-refractivity contribution >= 4 is 11.7 Å². The van der Waals surface area contributed by atoms with Gasteiger partial charge < -0.3 is 14.5 Å². The minimum Gasteiger partial charge on any atom is -0.497 e. The normalized spacial score (nSPS) is 14.5. The van der Waals surface area contributed by atoms with E-state index in [9.17, 15) is 4.79 Å². The first-order valence-electron chi connectivity index (χ1n) is 11.6. The van der Waals surface area contributed by atoms with Crippen molar-refractivity contribution in [1.29, 1.82) is 0 Å². The van der Waals surface area contributed by atoms with E-state index in [1.807, 2.05) is 24.0 Å². The number of aromatic nitrogens is 2. The van der Waals surface area contributed by atoms with Crippen LogP contribution in [-0.4, -0.2) is 54.1 Å². The lowest BCUT2D eigenvalue weighted by Gasteiger charge is -2.26. The molecule has 1 fully saturated rings. The van der Waals surface area contributed by atoms with Crippen LogP contribution in [0.4, 0.5) is 5.82 Å². The van der Waals surface area contributed by atoms with Crippen LogP contribution in [0.2, 0.25) is 0 Å². The second-order valence-electron chi connectivity index (χ2n) is 8.22. The predicted octanol–water partition coefficient (Wildman–Crippen LogP) is 4.18. The zero-order valence-electron chi connectivity index (χ0n) is 19.5. The van der Waals surface area contributed by atoms with E-state index < -0.39 is 0 Å². The number of hydrogen-bond donors (Lipinski definition) is 0. The van der Waals surface area contributed by atoms with Crippen molar-refractivity contribution in [3.05, 3.63) is 46.9 Å². The quantitative estimate of drug-likeness (QED) is 0.636. The Morgan fingerprint density at radius 3 is 2.52 bits per heavy atom. The second kappa shape index (κ2) is 11.1. The summed E-state index contributed by atoms with van der Waals surface area (Å²) in [6.45, 7) is 9.56. The van der Waals surface area contributed by atoms with E-state index in [2.05, 4.69) is 30.9 Å². The molecule has 0 spiro atoms. The third-order valence-electron chi connectivity index (χ3n) is 5.95. The number of carbonyl (C=O) groups is 1. The maximum atomic E-state index is 12.5. The highest BCUT2D eigenvalue weighted by molar-refractivity contribution is 5.76. The van der Waals surface area contributed by atoms with Crippen LogP contribution in [0.25, 0.3) is 0 Å². The number of ether oxygens (including phenoxy) is 1. The van der Waals surface area contributed by atoms with Gasteiger partial charge in [0.25, 0.3) is 0 Å². The summed E-state index contributed by atoms with van der Waals surface area (Å²) in [5.74, 6) is 2.99. The highest BCUT2D eigenvalue weighted by Gasteiger charge is 2.23. The average molecular weight is 425 g/mol. The number of hydrogen-bond acceptors (Lipinski definition) is 5. The Balaban J connectivity index is 1.84. The molecule has 1 aliphatic rings. The van der Waals surface area contributed by atoms with Crippen LogP contribution in [0.3, 0.4) is 0 Å². The van der Waals surface area contributed by atoms with Gasteiger partial charge in [-0.2, -0.15) is 0 Å². The van der Waals surface area contributed by atoms with Crippen molar-refractivity contribution in [3.8, 4) is 5.75 Å². The zero-order valence-corrected chi connectivity index (χ0v) is 19.5. The average Bonchev–Trinajstić information content (AvgIpc) is 3.05. The number of anilines is 1. The fourth-order valence-corrected chi connectivity index (χ4v) is 4.18. The summed E-state index contributed by atoms with van der Waals surface area (Å²) in [5.41, 5.74) is 3.53. The fraction of sp³-hybridized carbons (Fsp3) is 0.560. The summed E-state index contributed by atoms with van der Waals surface area (Å²) < 4.78 is 5.30. The maximum absolute atomic E-state index is 12.5. The van der Waals surface area contributed by atoms with Crippen molar-refractivity contribution in [2.75, 3.05) is 38.2 Å². The number of aryl methyl sites for hydroxylation is 2. The third-order valence-corrected chi connectivity index (χ3v) is 5.95. The van der Waals surface area contributed by atoms with Gasteiger partial charge in [-0.15, -0.1) is 0 Å². The van der Waals surface area contributed by atoms with Gasteiger partial charge in [0.1, 0.15) is 17.4 Å². The number of rotatable bonds is 8. The molecule has 6 nitrogen and oxygen atoms in total. The van der Waals surface area contributed by atoms with Crippen LogP contribution in [0.15, 0.2) is 24.3 Å². The molecule has 0 unspecified atom stereocenters. The van der Waals surface area contributed by atoms with E-state index in [1.165, 1.54) is 11.1 Å². The van der Waals surface area contributed by atoms with Gasteiger partial charge in [0, 0.05) is 50.3 Å². The molecule has 1 saturated heterocycles. The molecule has 3 rings (SSSR count). The van der Waals surface area contributed by atoms with E-state index in [1.54, 1.807) is 7.11 Å². The number of amides is 1. The molecule has 2 aromatic rings. The molecule has 2 heterocycles. The largest absolute Gasteiger partial charge is 0.497 e. The zero-order chi connectivity index (χ0) is 22.2. The van der Waals surface area contributed by atoms with Gasteiger partial charge in [-0.05, 0) is 43.9 Å². The molecule has 0 radical (unpaired) electrons. The standard InChI is InChI=1S/C25H36N4O2/c1-5-7-9-24(30)28-14-8-15-29(17-16-28)25-22(23(6-2)26-19(3)27-25)18-20-10-12-21(31-4)13-11-20/h10-13H,5-9,14-18H2,1-4H3. The summed E-state index contributed by atoms with van der Waals surface area (Å²) >= 11 is 0. The lowest BCUT2D eigenvalue weighted by atomic mass is 10.0. The van der Waals surface area contributed by atoms with Crippen LogP contribution < -0.4 is 9.64 Å². The molecule has 0 aliphatic carbocycles. The van der Waals surface area contributed by atoms with Gasteiger partial charge in [-0.3, -0.25) is 4.79 Å². The van der Waals surface area contributed by atoms with Crippen molar-refractivity contribution in [3.63, 3.8) is 0 Å². The van der Waals surface area contributed by atoms with Gasteiger partial charge in [0.05, 0.1) is 7.11 Å². The first kappa shape index (κ1) is 23.0.